The van der Waals surface area contributed by atoms with Crippen molar-refractivity contribution in [2.45, 2.75) is 0 Å². The van der Waals surface area contributed by atoms with Crippen LogP contribution in [0.1, 0.15) is 74.0 Å². The monoisotopic (exact) mass is 1770 g/mol. The third kappa shape index (κ3) is 10.6. The molecule has 0 spiro atoms. The predicted molar refractivity (Wildman–Crippen MR) is 575 cm³/mol. The molecule has 0 aliphatic rings. The van der Waals surface area contributed by atoms with Crippen LogP contribution in [0.4, 0.5) is 0 Å². The minimum Gasteiger partial charge on any atom is -0.456 e. The van der Waals surface area contributed by atoms with E-state index in [1.165, 1.54) is 0 Å². The highest BCUT2D eigenvalue weighted by molar-refractivity contribution is 6.32. The molecule has 32 aromatic rings. The largest absolute Gasteiger partial charge is 0.456 e. The van der Waals surface area contributed by atoms with Gasteiger partial charge in [-0.25, -0.2) is 0 Å². The zero-order valence-electron chi connectivity index (χ0n) is 123. The molecule has 4 aromatic heterocycles. The van der Waals surface area contributed by atoms with Gasteiger partial charge in [-0.2, -0.15) is 0 Å². The van der Waals surface area contributed by atoms with Crippen LogP contribution in [0.3, 0.4) is 0 Å². The second-order valence-corrected chi connectivity index (χ2v) is 33.0. The fraction of sp³-hybridized carbons (Fsp3) is 0. The highest BCUT2D eigenvalue weighted by Gasteiger charge is 2.28. The van der Waals surface area contributed by atoms with Crippen LogP contribution in [0.2, 0.25) is 0 Å². The number of fused-ring (bicyclic) bond motifs is 16. The standard InChI is InChI=1S/2C66H36O2/c2*1-2-12-46-37(7-1)19-30-52-58-34-45(25-32-61(58)68-66(46)52)54-35-53(44-24-31-60-57(33-44)49-13-3-4-14-59(49)67-60)55(47-26-20-42-17-15-38-8-5-10-40-22-28-50(47)64(42)62(38)40)36-56(54)48-27-21-43-18-16-39-9-6-11-41-23-29-51(48)65(43)63(39)41/h2*1-36H/i1D,2D,3D,4D,5D,6D,7D,8D,9D,10D,11D,12D,13D,14D,15D,16D,17D,18D,19D,20D,21D,22D,23D,24D,25D,26D,27D,28D,29D,30D,31D,32D,33D,34D,35D,36D;5D,6D,8D,9D,10D,11D,15D,16D,17D,18D,20D,21D,22D,23D,26D,27D,28D,29D. The van der Waals surface area contributed by atoms with Gasteiger partial charge in [0.25, 0.3) is 0 Å². The Morgan fingerprint density at radius 2 is 0.493 bits per heavy atom. The minimum atomic E-state index is -1.36. The molecule has 136 heavy (non-hydrogen) atoms. The van der Waals surface area contributed by atoms with E-state index in [-0.39, 0.29) is 86.9 Å². The zero-order valence-corrected chi connectivity index (χ0v) is 69.0. The van der Waals surface area contributed by atoms with Gasteiger partial charge < -0.3 is 17.7 Å². The summed E-state index contributed by atoms with van der Waals surface area (Å²) in [6.45, 7) is 0. The fourth-order valence-electron chi connectivity index (χ4n) is 19.8. The van der Waals surface area contributed by atoms with Gasteiger partial charge in [-0.1, -0.05) is 339 Å². The van der Waals surface area contributed by atoms with Crippen LogP contribution in [-0.4, -0.2) is 0 Å². The number of benzene rings is 28. The van der Waals surface area contributed by atoms with E-state index >= 15 is 0 Å². The van der Waals surface area contributed by atoms with E-state index in [1.54, 1.807) is 36.4 Å². The van der Waals surface area contributed by atoms with Gasteiger partial charge in [0.15, 0.2) is 0 Å². The Bertz CT molecular complexity index is 14300. The third-order valence-electron chi connectivity index (χ3n) is 25.9. The van der Waals surface area contributed by atoms with Crippen LogP contribution in [0.25, 0.3) is 328 Å². The number of para-hydroxylation sites is 2. The summed E-state index contributed by atoms with van der Waals surface area (Å²) in [6.07, 6.45) is 0. The molecule has 0 amide bonds. The molecule has 0 saturated heterocycles. The van der Waals surface area contributed by atoms with Crippen molar-refractivity contribution in [2.24, 2.45) is 0 Å². The summed E-state index contributed by atoms with van der Waals surface area (Å²) in [5.74, 6) is 0. The topological polar surface area (TPSA) is 52.6 Å². The minimum absolute atomic E-state index is 0.0577. The molecule has 0 atom stereocenters. The van der Waals surface area contributed by atoms with Crippen molar-refractivity contribution >= 4 is 239 Å². The number of furan rings is 4. The summed E-state index contributed by atoms with van der Waals surface area (Å²) in [5.41, 5.74) is -7.67. The first-order chi connectivity index (χ1) is 90.0. The quantitative estimate of drug-likeness (QED) is 0.142. The van der Waals surface area contributed by atoms with Crippen LogP contribution in [0.5, 0.6) is 0 Å². The van der Waals surface area contributed by atoms with Crippen molar-refractivity contribution in [3.8, 4) is 89.0 Å². The van der Waals surface area contributed by atoms with Crippen LogP contribution in [0.15, 0.2) is 453 Å². The van der Waals surface area contributed by atoms with Crippen LogP contribution in [-0.2, 0) is 0 Å². The lowest BCUT2D eigenvalue weighted by atomic mass is 9.81. The second-order valence-electron chi connectivity index (χ2n) is 33.0. The van der Waals surface area contributed by atoms with E-state index in [9.17, 15) is 46.6 Å². The molecule has 4 nitrogen and oxygen atoms in total. The molecule has 0 unspecified atom stereocenters. The van der Waals surface area contributed by atoms with E-state index in [4.69, 9.17) is 45.1 Å². The zero-order chi connectivity index (χ0) is 135. The normalized spacial score (nSPS) is 18.0. The van der Waals surface area contributed by atoms with Crippen molar-refractivity contribution in [3.63, 3.8) is 0 Å². The Hall–Kier alpha value is -18.0. The number of rotatable bonds is 8. The molecule has 4 heteroatoms. The molecule has 32 rings (SSSR count). The van der Waals surface area contributed by atoms with Gasteiger partial charge in [-0.3, -0.25) is 0 Å². The Morgan fingerprint density at radius 1 is 0.140 bits per heavy atom. The summed E-state index contributed by atoms with van der Waals surface area (Å²) in [4.78, 5) is 0. The van der Waals surface area contributed by atoms with Crippen molar-refractivity contribution in [2.75, 3.05) is 0 Å². The summed E-state index contributed by atoms with van der Waals surface area (Å²) in [5, 5.41) is -8.58. The molecule has 0 aliphatic carbocycles. The highest BCUT2D eigenvalue weighted by atomic mass is 16.3. The Morgan fingerprint density at radius 3 is 1.02 bits per heavy atom. The highest BCUT2D eigenvalue weighted by Crippen LogP contribution is 2.55. The SMILES string of the molecule is [2H]c1c(-c2c([2H])c([2H])c3oc4c([2H])c([2H])c([2H])c([2H])c4c3c2[2H])c(-c2c([2H])c([2H])c3c([2H])c([2H])c4c([2H])c([2H])c([2H])c5c([2H])c([2H])c2c3c45)c([2H])c(-c2c([2H])c([2H])c3c([2H])c([2H])c4c([2H])c([2H])c([2H])c5c([2H])c([2H])c2c3c45)c1-c1c([2H])c([2H])c2oc3c4c([2H])c([2H])c([2H])c([2H])c4c([2H])c([2H])c3c2c1[2H].[2H]c1c([2H])c2c([2H])c([2H])c3c([2H])c([2H])c(-c4cc(-c5c([2H])c([2H])c6c([2H])c([2H])c7c([2H])c([2H])c([2H])c8c([2H])c([2H])c5c6c78)c(-c5ccc6oc7c8ccccc8ccc7c6c5)cc4-c4ccc5oc6ccccc6c5c4)c4c([2H])c([2H])c(c1[2H])c2c34. The molecule has 0 bridgehead atoms. The van der Waals surface area contributed by atoms with Crippen molar-refractivity contribution in [3.05, 3.63) is 435 Å². The lowest BCUT2D eigenvalue weighted by molar-refractivity contribution is 0.668. The summed E-state index contributed by atoms with van der Waals surface area (Å²) in [6, 6.07) is -12.4. The maximum Gasteiger partial charge on any atom is 0.143 e. The van der Waals surface area contributed by atoms with Gasteiger partial charge in [-0.15, -0.1) is 0 Å². The van der Waals surface area contributed by atoms with Crippen molar-refractivity contribution in [1.29, 1.82) is 0 Å². The van der Waals surface area contributed by atoms with Gasteiger partial charge in [0, 0.05) is 53.9 Å². The summed E-state index contributed by atoms with van der Waals surface area (Å²) in [7, 11) is 0. The van der Waals surface area contributed by atoms with Crippen LogP contribution >= 0.6 is 0 Å². The van der Waals surface area contributed by atoms with Crippen molar-refractivity contribution in [1.82, 2.24) is 0 Å². The fourth-order valence-corrected chi connectivity index (χ4v) is 19.8. The maximum atomic E-state index is 11.3. The van der Waals surface area contributed by atoms with Gasteiger partial charge in [0.1, 0.15) is 44.7 Å². The molecule has 0 saturated carbocycles. The van der Waals surface area contributed by atoms with Gasteiger partial charge in [0.05, 0.1) is 74.0 Å². The molecule has 624 valence electrons. The predicted octanol–water partition coefficient (Wildman–Crippen LogP) is 38.2. The molecule has 4 heterocycles. The van der Waals surface area contributed by atoms with Crippen LogP contribution < -0.4 is 0 Å². The van der Waals surface area contributed by atoms with Crippen LogP contribution in [0, 0.1) is 0 Å². The molecular formula is C132H72O4. The van der Waals surface area contributed by atoms with Gasteiger partial charge >= 0.3 is 0 Å². The maximum absolute atomic E-state index is 11.3. The average Bonchev–Trinajstić information content (AvgIpc) is 0.926. The smallest absolute Gasteiger partial charge is 0.143 e. The first-order valence-corrected chi connectivity index (χ1v) is 42.6. The molecule has 0 radical (unpaired) electrons. The van der Waals surface area contributed by atoms with E-state index in [2.05, 4.69) is 0 Å². The molecular weight excluding hydrogens is 1650 g/mol. The Balaban J connectivity index is 0.000000162. The molecule has 0 fully saturated rings. The average molecular weight is 1780 g/mol. The first-order valence-electron chi connectivity index (χ1n) is 69.6. The summed E-state index contributed by atoms with van der Waals surface area (Å²) < 4.78 is 539. The molecule has 0 N–H and O–H groups in total. The second kappa shape index (κ2) is 27.8. The Kier molecular flexibility index (Phi) is 8.10. The molecule has 0 aliphatic heterocycles. The van der Waals surface area contributed by atoms with Crippen molar-refractivity contribution < 1.29 is 91.7 Å². The van der Waals surface area contributed by atoms with E-state index in [0.29, 0.717) is 55.4 Å². The van der Waals surface area contributed by atoms with Gasteiger partial charge in [-0.05, 0) is 326 Å². The van der Waals surface area contributed by atoms with E-state index < -0.39 is 490 Å². The molecule has 28 aromatic carbocycles. The summed E-state index contributed by atoms with van der Waals surface area (Å²) >= 11 is 0. The lowest BCUT2D eigenvalue weighted by Crippen LogP contribution is -1.95. The number of hydrogen-bond acceptors (Lipinski definition) is 4. The first kappa shape index (κ1) is 39.6. The Labute approximate surface area is 852 Å². The number of hydrogen-bond donors (Lipinski definition) is 0. The van der Waals surface area contributed by atoms with E-state index in [1.807, 2.05) is 72.8 Å². The third-order valence-corrected chi connectivity index (χ3v) is 25.9. The lowest BCUT2D eigenvalue weighted by Gasteiger charge is -2.22. The van der Waals surface area contributed by atoms with Gasteiger partial charge in [0.2, 0.25) is 0 Å². The van der Waals surface area contributed by atoms with E-state index in [0.717, 1.165) is 21.5 Å².